The summed E-state index contributed by atoms with van der Waals surface area (Å²) in [6, 6.07) is 10.5. The van der Waals surface area contributed by atoms with Crippen LogP contribution in [-0.4, -0.2) is 7.11 Å². The van der Waals surface area contributed by atoms with Gasteiger partial charge in [0.25, 0.3) is 0 Å². The van der Waals surface area contributed by atoms with Crippen LogP contribution in [0.4, 0.5) is 0 Å². The Balaban J connectivity index is 2.43. The Kier molecular flexibility index (Phi) is 3.44. The van der Waals surface area contributed by atoms with Crippen molar-refractivity contribution in [2.75, 3.05) is 7.11 Å². The molecule has 0 saturated heterocycles. The Morgan fingerprint density at radius 2 is 2.20 bits per heavy atom. The molecule has 0 radical (unpaired) electrons. The van der Waals surface area contributed by atoms with Gasteiger partial charge in [0.05, 0.1) is 7.11 Å². The second kappa shape index (κ2) is 4.81. The van der Waals surface area contributed by atoms with Gasteiger partial charge in [-0.3, -0.25) is 0 Å². The highest BCUT2D eigenvalue weighted by molar-refractivity contribution is 9.08. The summed E-state index contributed by atoms with van der Waals surface area (Å²) < 4.78 is 5.28. The summed E-state index contributed by atoms with van der Waals surface area (Å²) in [6.07, 6.45) is 0. The molecule has 0 saturated carbocycles. The van der Waals surface area contributed by atoms with Gasteiger partial charge >= 0.3 is 0 Å². The second-order valence-electron chi connectivity index (χ2n) is 3.14. The molecule has 1 nitrogen and oxygen atoms in total. The molecule has 1 heterocycles. The van der Waals surface area contributed by atoms with Crippen molar-refractivity contribution in [3.8, 4) is 16.2 Å². The number of rotatable bonds is 3. The summed E-state index contributed by atoms with van der Waals surface area (Å²) in [5.74, 6) is 0.937. The SMILES string of the molecule is COc1ccc(-c2cccs2)cc1CBr. The predicted molar refractivity (Wildman–Crippen MR) is 68.9 cm³/mol. The van der Waals surface area contributed by atoms with Crippen LogP contribution >= 0.6 is 27.3 Å². The number of benzene rings is 1. The maximum absolute atomic E-state index is 5.28. The Hall–Kier alpha value is -0.800. The van der Waals surface area contributed by atoms with Crippen LogP contribution in [0.25, 0.3) is 10.4 Å². The molecule has 0 N–H and O–H groups in total. The summed E-state index contributed by atoms with van der Waals surface area (Å²) in [4.78, 5) is 1.29. The minimum Gasteiger partial charge on any atom is -0.496 e. The number of ether oxygens (including phenoxy) is 1. The molecular formula is C12H11BrOS. The van der Waals surface area contributed by atoms with Gasteiger partial charge in [0.1, 0.15) is 5.75 Å². The standard InChI is InChI=1S/C12H11BrOS/c1-14-11-5-4-9(7-10(11)8-13)12-3-2-6-15-12/h2-7H,8H2,1H3. The summed E-state index contributed by atoms with van der Waals surface area (Å²) in [6.45, 7) is 0. The smallest absolute Gasteiger partial charge is 0.122 e. The van der Waals surface area contributed by atoms with Crippen LogP contribution in [0, 0.1) is 0 Å². The third-order valence-corrected chi connectivity index (χ3v) is 3.75. The molecule has 1 aromatic carbocycles. The highest BCUT2D eigenvalue weighted by atomic mass is 79.9. The van der Waals surface area contributed by atoms with Gasteiger partial charge in [0, 0.05) is 15.8 Å². The molecule has 2 rings (SSSR count). The van der Waals surface area contributed by atoms with E-state index >= 15 is 0 Å². The number of thiophene rings is 1. The first-order valence-electron chi connectivity index (χ1n) is 4.62. The molecule has 2 aromatic rings. The normalized spacial score (nSPS) is 10.3. The highest BCUT2D eigenvalue weighted by Crippen LogP contribution is 2.30. The lowest BCUT2D eigenvalue weighted by Gasteiger charge is -2.07. The van der Waals surface area contributed by atoms with Crippen LogP contribution in [-0.2, 0) is 5.33 Å². The molecule has 0 spiro atoms. The molecule has 0 aliphatic heterocycles. The summed E-state index contributed by atoms with van der Waals surface area (Å²) >= 11 is 5.22. The summed E-state index contributed by atoms with van der Waals surface area (Å²) in [5, 5.41) is 2.91. The van der Waals surface area contributed by atoms with E-state index in [4.69, 9.17) is 4.74 Å². The van der Waals surface area contributed by atoms with E-state index in [0.29, 0.717) is 0 Å². The molecule has 0 atom stereocenters. The van der Waals surface area contributed by atoms with Crippen LogP contribution in [0.2, 0.25) is 0 Å². The fraction of sp³-hybridized carbons (Fsp3) is 0.167. The van der Waals surface area contributed by atoms with E-state index in [9.17, 15) is 0 Å². The monoisotopic (exact) mass is 282 g/mol. The molecule has 0 unspecified atom stereocenters. The first-order valence-corrected chi connectivity index (χ1v) is 6.62. The minimum atomic E-state index is 0.815. The molecule has 3 heteroatoms. The number of hydrogen-bond donors (Lipinski definition) is 0. The fourth-order valence-corrected chi connectivity index (χ4v) is 2.64. The molecule has 0 amide bonds. The van der Waals surface area contributed by atoms with Crippen molar-refractivity contribution in [1.29, 1.82) is 0 Å². The summed E-state index contributed by atoms with van der Waals surface area (Å²) in [7, 11) is 1.70. The van der Waals surface area contributed by atoms with Gasteiger partial charge in [-0.2, -0.15) is 0 Å². The maximum atomic E-state index is 5.28. The quantitative estimate of drug-likeness (QED) is 0.762. The molecule has 15 heavy (non-hydrogen) atoms. The van der Waals surface area contributed by atoms with E-state index in [1.807, 2.05) is 6.07 Å². The Labute approximate surface area is 102 Å². The van der Waals surface area contributed by atoms with Gasteiger partial charge < -0.3 is 4.74 Å². The lowest BCUT2D eigenvalue weighted by Crippen LogP contribution is -1.89. The molecule has 0 aliphatic rings. The molecule has 1 aromatic heterocycles. The van der Waals surface area contributed by atoms with Crippen molar-refractivity contribution in [2.45, 2.75) is 5.33 Å². The van der Waals surface area contributed by atoms with E-state index in [0.717, 1.165) is 11.1 Å². The van der Waals surface area contributed by atoms with Crippen molar-refractivity contribution >= 4 is 27.3 Å². The van der Waals surface area contributed by atoms with Crippen LogP contribution < -0.4 is 4.74 Å². The zero-order valence-electron chi connectivity index (χ0n) is 8.37. The third-order valence-electron chi connectivity index (χ3n) is 2.23. The number of hydrogen-bond acceptors (Lipinski definition) is 2. The van der Waals surface area contributed by atoms with Gasteiger partial charge in [-0.15, -0.1) is 11.3 Å². The van der Waals surface area contributed by atoms with Crippen molar-refractivity contribution in [2.24, 2.45) is 0 Å². The van der Waals surface area contributed by atoms with E-state index < -0.39 is 0 Å². The number of halogens is 1. The Morgan fingerprint density at radius 1 is 1.33 bits per heavy atom. The fourth-order valence-electron chi connectivity index (χ4n) is 1.48. The molecule has 0 aliphatic carbocycles. The predicted octanol–water partition coefficient (Wildman–Crippen LogP) is 4.32. The van der Waals surface area contributed by atoms with Gasteiger partial charge in [0.2, 0.25) is 0 Å². The Morgan fingerprint density at radius 3 is 2.80 bits per heavy atom. The van der Waals surface area contributed by atoms with E-state index in [1.54, 1.807) is 18.4 Å². The van der Waals surface area contributed by atoms with Crippen molar-refractivity contribution in [3.05, 3.63) is 41.3 Å². The zero-order valence-corrected chi connectivity index (χ0v) is 10.8. The van der Waals surface area contributed by atoms with Gasteiger partial charge in [-0.1, -0.05) is 22.0 Å². The maximum Gasteiger partial charge on any atom is 0.122 e. The van der Waals surface area contributed by atoms with Gasteiger partial charge in [-0.25, -0.2) is 0 Å². The first-order chi connectivity index (χ1) is 7.35. The van der Waals surface area contributed by atoms with Crippen molar-refractivity contribution in [3.63, 3.8) is 0 Å². The first kappa shape index (κ1) is 10.7. The van der Waals surface area contributed by atoms with Crippen LogP contribution in [0.15, 0.2) is 35.7 Å². The lowest BCUT2D eigenvalue weighted by atomic mass is 10.1. The van der Waals surface area contributed by atoms with E-state index in [-0.39, 0.29) is 0 Å². The van der Waals surface area contributed by atoms with E-state index in [1.165, 1.54) is 16.0 Å². The van der Waals surface area contributed by atoms with E-state index in [2.05, 4.69) is 45.6 Å². The number of alkyl halides is 1. The average molecular weight is 283 g/mol. The molecule has 78 valence electrons. The molecule has 0 fully saturated rings. The third kappa shape index (κ3) is 2.24. The minimum absolute atomic E-state index is 0.815. The topological polar surface area (TPSA) is 9.23 Å². The molecular weight excluding hydrogens is 272 g/mol. The molecule has 0 bridgehead atoms. The summed E-state index contributed by atoms with van der Waals surface area (Å²) in [5.41, 5.74) is 2.43. The second-order valence-corrected chi connectivity index (χ2v) is 4.65. The van der Waals surface area contributed by atoms with Crippen LogP contribution in [0.1, 0.15) is 5.56 Å². The van der Waals surface area contributed by atoms with Gasteiger partial charge in [0.15, 0.2) is 0 Å². The van der Waals surface area contributed by atoms with Gasteiger partial charge in [-0.05, 0) is 35.2 Å². The van der Waals surface area contributed by atoms with Crippen molar-refractivity contribution in [1.82, 2.24) is 0 Å². The largest absolute Gasteiger partial charge is 0.496 e. The highest BCUT2D eigenvalue weighted by Gasteiger charge is 2.05. The van der Waals surface area contributed by atoms with Crippen LogP contribution in [0.5, 0.6) is 5.75 Å². The van der Waals surface area contributed by atoms with Crippen molar-refractivity contribution < 1.29 is 4.74 Å². The average Bonchev–Trinajstić information content (AvgIpc) is 2.81. The number of methoxy groups -OCH3 is 1. The lowest BCUT2D eigenvalue weighted by molar-refractivity contribution is 0.411. The Bertz CT molecular complexity index is 437. The van der Waals surface area contributed by atoms with Crippen LogP contribution in [0.3, 0.4) is 0 Å². The zero-order chi connectivity index (χ0) is 10.7.